The van der Waals surface area contributed by atoms with Crippen LogP contribution in [0.5, 0.6) is 0 Å². The molecule has 1 unspecified atom stereocenters. The molecule has 0 saturated heterocycles. The summed E-state index contributed by atoms with van der Waals surface area (Å²) in [5.41, 5.74) is 1.88. The maximum absolute atomic E-state index is 12.5. The third kappa shape index (κ3) is 4.95. The Kier molecular flexibility index (Phi) is 6.39. The van der Waals surface area contributed by atoms with Crippen LogP contribution in [0, 0.1) is 5.92 Å². The molecule has 0 heterocycles. The average Bonchev–Trinajstić information content (AvgIpc) is 2.60. The molecule has 4 nitrogen and oxygen atoms in total. The van der Waals surface area contributed by atoms with Gasteiger partial charge >= 0.3 is 5.97 Å². The number of benzene rings is 1. The maximum atomic E-state index is 12.5. The number of allylic oxidation sites excluding steroid dienone is 1. The van der Waals surface area contributed by atoms with Gasteiger partial charge < -0.3 is 10.1 Å². The van der Waals surface area contributed by atoms with Gasteiger partial charge in [-0.25, -0.2) is 0 Å². The van der Waals surface area contributed by atoms with Crippen LogP contribution in [0.3, 0.4) is 0 Å². The van der Waals surface area contributed by atoms with E-state index in [1.807, 2.05) is 37.3 Å². The first-order valence-corrected chi connectivity index (χ1v) is 8.24. The van der Waals surface area contributed by atoms with Crippen LogP contribution in [0.4, 0.5) is 0 Å². The fourth-order valence-electron chi connectivity index (χ4n) is 2.96. The zero-order valence-corrected chi connectivity index (χ0v) is 13.9. The quantitative estimate of drug-likeness (QED) is 0.670. The molecule has 1 aliphatic carbocycles. The summed E-state index contributed by atoms with van der Waals surface area (Å²) in [6, 6.07) is 9.89. The number of hydrogen-bond donors (Lipinski definition) is 1. The Bertz CT molecular complexity index is 559. The first-order chi connectivity index (χ1) is 11.1. The summed E-state index contributed by atoms with van der Waals surface area (Å²) in [7, 11) is 1.31. The molecule has 2 rings (SSSR count). The molecule has 0 radical (unpaired) electrons. The van der Waals surface area contributed by atoms with Gasteiger partial charge in [0, 0.05) is 6.04 Å². The summed E-state index contributed by atoms with van der Waals surface area (Å²) in [5, 5.41) is 3.01. The lowest BCUT2D eigenvalue weighted by molar-refractivity contribution is -0.148. The van der Waals surface area contributed by atoms with Crippen LogP contribution >= 0.6 is 0 Å². The molecule has 0 bridgehead atoms. The van der Waals surface area contributed by atoms with Crippen molar-refractivity contribution < 1.29 is 14.3 Å². The predicted molar refractivity (Wildman–Crippen MR) is 90.6 cm³/mol. The summed E-state index contributed by atoms with van der Waals surface area (Å²) < 4.78 is 4.82. The van der Waals surface area contributed by atoms with Gasteiger partial charge in [-0.1, -0.05) is 55.7 Å². The summed E-state index contributed by atoms with van der Waals surface area (Å²) >= 11 is 0. The zero-order chi connectivity index (χ0) is 16.7. The van der Waals surface area contributed by atoms with Crippen LogP contribution < -0.4 is 5.32 Å². The van der Waals surface area contributed by atoms with E-state index in [0.717, 1.165) is 36.8 Å². The number of esters is 1. The fraction of sp³-hybridized carbons (Fsp3) is 0.474. The molecule has 1 aromatic carbocycles. The van der Waals surface area contributed by atoms with Crippen LogP contribution in [-0.4, -0.2) is 25.0 Å². The van der Waals surface area contributed by atoms with E-state index < -0.39 is 11.9 Å². The molecule has 1 N–H and O–H groups in total. The average molecular weight is 315 g/mol. The number of methoxy groups -OCH3 is 1. The lowest BCUT2D eigenvalue weighted by atomic mass is 9.94. The van der Waals surface area contributed by atoms with Crippen molar-refractivity contribution in [2.24, 2.45) is 5.92 Å². The zero-order valence-electron chi connectivity index (χ0n) is 13.9. The minimum absolute atomic E-state index is 0.175. The van der Waals surface area contributed by atoms with Crippen molar-refractivity contribution in [3.05, 3.63) is 42.0 Å². The molecule has 1 saturated carbocycles. The molecule has 1 fully saturated rings. The fourth-order valence-corrected chi connectivity index (χ4v) is 2.96. The van der Waals surface area contributed by atoms with Gasteiger partial charge in [0.1, 0.15) is 0 Å². The summed E-state index contributed by atoms with van der Waals surface area (Å²) in [6.45, 7) is 1.90. The van der Waals surface area contributed by atoms with E-state index in [1.165, 1.54) is 13.5 Å². The van der Waals surface area contributed by atoms with Crippen LogP contribution in [-0.2, 0) is 14.3 Å². The van der Waals surface area contributed by atoms with Gasteiger partial charge in [0.15, 0.2) is 5.92 Å². The van der Waals surface area contributed by atoms with Crippen molar-refractivity contribution in [3.63, 3.8) is 0 Å². The smallest absolute Gasteiger partial charge is 0.322 e. The van der Waals surface area contributed by atoms with Gasteiger partial charge in [-0.3, -0.25) is 9.59 Å². The van der Waals surface area contributed by atoms with Crippen molar-refractivity contribution in [2.75, 3.05) is 7.11 Å². The maximum Gasteiger partial charge on any atom is 0.322 e. The number of nitrogens with one attached hydrogen (secondary N) is 1. The Morgan fingerprint density at radius 2 is 1.83 bits per heavy atom. The Morgan fingerprint density at radius 1 is 1.17 bits per heavy atom. The largest absolute Gasteiger partial charge is 0.468 e. The minimum atomic E-state index is -0.901. The highest BCUT2D eigenvalue weighted by Gasteiger charge is 2.28. The molecule has 0 aliphatic heterocycles. The second-order valence-corrected chi connectivity index (χ2v) is 6.06. The molecule has 0 spiro atoms. The van der Waals surface area contributed by atoms with Crippen molar-refractivity contribution in [3.8, 4) is 0 Å². The topological polar surface area (TPSA) is 55.4 Å². The molecular formula is C19H25NO3. The monoisotopic (exact) mass is 315 g/mol. The number of ether oxygens (including phenoxy) is 1. The van der Waals surface area contributed by atoms with Gasteiger partial charge in [0.25, 0.3) is 0 Å². The van der Waals surface area contributed by atoms with Crippen molar-refractivity contribution >= 4 is 17.4 Å². The third-order valence-corrected chi connectivity index (χ3v) is 4.33. The van der Waals surface area contributed by atoms with E-state index >= 15 is 0 Å². The van der Waals surface area contributed by atoms with Gasteiger partial charge in [-0.05, 0) is 30.9 Å². The first-order valence-electron chi connectivity index (χ1n) is 8.24. The lowest BCUT2D eigenvalue weighted by Crippen LogP contribution is -2.42. The van der Waals surface area contributed by atoms with E-state index in [1.54, 1.807) is 6.08 Å². The molecule has 1 amide bonds. The number of carbonyl (C=O) groups excluding carboxylic acids is 2. The van der Waals surface area contributed by atoms with Crippen LogP contribution in [0.1, 0.15) is 44.6 Å². The normalized spacial score (nSPS) is 17.4. The number of rotatable bonds is 5. The highest BCUT2D eigenvalue weighted by molar-refractivity contribution is 6.01. The van der Waals surface area contributed by atoms with Crippen molar-refractivity contribution in [2.45, 2.75) is 45.1 Å². The van der Waals surface area contributed by atoms with Crippen molar-refractivity contribution in [1.29, 1.82) is 0 Å². The van der Waals surface area contributed by atoms with E-state index in [9.17, 15) is 9.59 Å². The first kappa shape index (κ1) is 17.3. The van der Waals surface area contributed by atoms with Gasteiger partial charge in [-0.15, -0.1) is 0 Å². The van der Waals surface area contributed by atoms with E-state index in [-0.39, 0.29) is 11.9 Å². The molecule has 1 aliphatic rings. The second kappa shape index (κ2) is 8.51. The number of hydrogen-bond acceptors (Lipinski definition) is 3. The third-order valence-electron chi connectivity index (χ3n) is 4.33. The van der Waals surface area contributed by atoms with Crippen LogP contribution in [0.15, 0.2) is 36.4 Å². The molecule has 23 heavy (non-hydrogen) atoms. The standard InChI is InChI=1S/C19H25NO3/c1-14(15-9-5-3-6-10-15)13-17(19(22)23-2)18(21)20-16-11-7-4-8-12-16/h3,5-6,9-10,13,16-17H,4,7-8,11-12H2,1-2H3,(H,20,21)/b14-13+. The molecule has 4 heteroatoms. The Hall–Kier alpha value is -2.10. The molecular weight excluding hydrogens is 290 g/mol. The highest BCUT2D eigenvalue weighted by atomic mass is 16.5. The molecule has 1 atom stereocenters. The molecule has 124 valence electrons. The summed E-state index contributed by atoms with van der Waals surface area (Å²) in [6.07, 6.45) is 7.15. The van der Waals surface area contributed by atoms with Gasteiger partial charge in [-0.2, -0.15) is 0 Å². The van der Waals surface area contributed by atoms with E-state index in [2.05, 4.69) is 5.32 Å². The summed E-state index contributed by atoms with van der Waals surface area (Å²) in [4.78, 5) is 24.6. The second-order valence-electron chi connectivity index (χ2n) is 6.06. The summed E-state index contributed by atoms with van der Waals surface area (Å²) in [5.74, 6) is -1.69. The SMILES string of the molecule is COC(=O)C(/C=C(\C)c1ccccc1)C(=O)NC1CCCCC1. The number of carbonyl (C=O) groups is 2. The minimum Gasteiger partial charge on any atom is -0.468 e. The van der Waals surface area contributed by atoms with Gasteiger partial charge in [0.05, 0.1) is 7.11 Å². The Morgan fingerprint density at radius 3 is 2.43 bits per heavy atom. The van der Waals surface area contributed by atoms with E-state index in [0.29, 0.717) is 0 Å². The predicted octanol–water partition coefficient (Wildman–Crippen LogP) is 3.33. The van der Waals surface area contributed by atoms with Gasteiger partial charge in [0.2, 0.25) is 5.91 Å². The van der Waals surface area contributed by atoms with E-state index in [4.69, 9.17) is 4.74 Å². The molecule has 0 aromatic heterocycles. The highest BCUT2D eigenvalue weighted by Crippen LogP contribution is 2.20. The van der Waals surface area contributed by atoms with Crippen molar-refractivity contribution in [1.82, 2.24) is 5.32 Å². The Labute approximate surface area is 137 Å². The number of amides is 1. The lowest BCUT2D eigenvalue weighted by Gasteiger charge is -2.24. The van der Waals surface area contributed by atoms with Crippen LogP contribution in [0.25, 0.3) is 5.57 Å². The Balaban J connectivity index is 2.12. The van der Waals surface area contributed by atoms with Crippen LogP contribution in [0.2, 0.25) is 0 Å². The molecule has 1 aromatic rings.